The van der Waals surface area contributed by atoms with Crippen molar-refractivity contribution in [3.63, 3.8) is 0 Å². The van der Waals surface area contributed by atoms with Gasteiger partial charge in [-0.2, -0.15) is 5.26 Å². The van der Waals surface area contributed by atoms with Crippen molar-refractivity contribution in [2.24, 2.45) is 0 Å². The Hall–Kier alpha value is -2.21. The fraction of sp³-hybridized carbons (Fsp3) is 0.0769. The van der Waals surface area contributed by atoms with Crippen molar-refractivity contribution in [1.82, 2.24) is 4.98 Å². The number of benzene rings is 1. The highest BCUT2D eigenvalue weighted by Gasteiger charge is 2.04. The number of rotatable bonds is 2. The third kappa shape index (κ3) is 2.06. The van der Waals surface area contributed by atoms with Crippen LogP contribution in [-0.4, -0.2) is 4.98 Å². The maximum atomic E-state index is 13.5. The average Bonchev–Trinajstić information content (AvgIpc) is 2.30. The van der Waals surface area contributed by atoms with E-state index in [-0.39, 0.29) is 12.2 Å². The highest BCUT2D eigenvalue weighted by atomic mass is 19.1. The minimum atomic E-state index is -0.279. The normalized spacial score (nSPS) is 9.75. The molecule has 0 spiro atoms. The molecule has 0 aliphatic heterocycles. The van der Waals surface area contributed by atoms with E-state index in [1.807, 2.05) is 6.07 Å². The van der Waals surface area contributed by atoms with Crippen molar-refractivity contribution >= 4 is 0 Å². The summed E-state index contributed by atoms with van der Waals surface area (Å²) in [6.07, 6.45) is 3.50. The fourth-order valence-electron chi connectivity index (χ4n) is 1.52. The molecule has 0 aliphatic rings. The second kappa shape index (κ2) is 4.54. The molecule has 78 valence electrons. The van der Waals surface area contributed by atoms with Crippen LogP contribution in [0.5, 0.6) is 0 Å². The van der Waals surface area contributed by atoms with Crippen molar-refractivity contribution in [3.8, 4) is 17.2 Å². The molecule has 0 aliphatic carbocycles. The first-order valence-corrected chi connectivity index (χ1v) is 4.87. The van der Waals surface area contributed by atoms with Crippen LogP contribution < -0.4 is 0 Å². The smallest absolute Gasteiger partial charge is 0.131 e. The maximum absolute atomic E-state index is 13.5. The summed E-state index contributed by atoms with van der Waals surface area (Å²) in [5.74, 6) is -0.279. The predicted octanol–water partition coefficient (Wildman–Crippen LogP) is 2.95. The maximum Gasteiger partial charge on any atom is 0.131 e. The largest absolute Gasteiger partial charge is 0.264 e. The molecular formula is C13H9FN2. The lowest BCUT2D eigenvalue weighted by molar-refractivity contribution is 0.631. The van der Waals surface area contributed by atoms with E-state index < -0.39 is 0 Å². The van der Waals surface area contributed by atoms with Crippen LogP contribution >= 0.6 is 0 Å². The van der Waals surface area contributed by atoms with Gasteiger partial charge in [-0.3, -0.25) is 4.98 Å². The summed E-state index contributed by atoms with van der Waals surface area (Å²) in [7, 11) is 0. The van der Waals surface area contributed by atoms with E-state index in [2.05, 4.69) is 4.98 Å². The van der Waals surface area contributed by atoms with Gasteiger partial charge in [-0.15, -0.1) is 0 Å². The van der Waals surface area contributed by atoms with E-state index in [1.54, 1.807) is 36.7 Å². The van der Waals surface area contributed by atoms with Crippen LogP contribution in [0.15, 0.2) is 42.7 Å². The standard InChI is InChI=1S/C13H9FN2/c14-13-4-2-1-3-12(13)11-7-10(5-6-15)8-16-9-11/h1-4,7-9H,5H2. The number of nitrogens with zero attached hydrogens (tertiary/aromatic N) is 2. The van der Waals surface area contributed by atoms with Gasteiger partial charge in [0.05, 0.1) is 12.5 Å². The third-order valence-electron chi connectivity index (χ3n) is 2.26. The summed E-state index contributed by atoms with van der Waals surface area (Å²) in [6, 6.07) is 10.4. The minimum Gasteiger partial charge on any atom is -0.264 e. The van der Waals surface area contributed by atoms with Crippen LogP contribution in [-0.2, 0) is 6.42 Å². The van der Waals surface area contributed by atoms with Crippen molar-refractivity contribution in [1.29, 1.82) is 5.26 Å². The molecular weight excluding hydrogens is 203 g/mol. The average molecular weight is 212 g/mol. The molecule has 2 nitrogen and oxygen atoms in total. The Labute approximate surface area is 93.0 Å². The van der Waals surface area contributed by atoms with Gasteiger partial charge < -0.3 is 0 Å². The zero-order valence-corrected chi connectivity index (χ0v) is 8.52. The Morgan fingerprint density at radius 3 is 2.81 bits per heavy atom. The SMILES string of the molecule is N#CCc1cncc(-c2ccccc2F)c1. The number of aromatic nitrogens is 1. The van der Waals surface area contributed by atoms with Gasteiger partial charge >= 0.3 is 0 Å². The highest BCUT2D eigenvalue weighted by Crippen LogP contribution is 2.22. The molecule has 0 saturated heterocycles. The zero-order chi connectivity index (χ0) is 11.4. The van der Waals surface area contributed by atoms with Crippen LogP contribution in [0.25, 0.3) is 11.1 Å². The van der Waals surface area contributed by atoms with Crippen molar-refractivity contribution < 1.29 is 4.39 Å². The molecule has 2 rings (SSSR count). The lowest BCUT2D eigenvalue weighted by atomic mass is 10.0. The number of pyridine rings is 1. The molecule has 3 heteroatoms. The van der Waals surface area contributed by atoms with Crippen LogP contribution in [0.4, 0.5) is 4.39 Å². The predicted molar refractivity (Wildman–Crippen MR) is 58.9 cm³/mol. The Balaban J connectivity index is 2.45. The van der Waals surface area contributed by atoms with Gasteiger partial charge in [-0.1, -0.05) is 18.2 Å². The Morgan fingerprint density at radius 1 is 1.25 bits per heavy atom. The van der Waals surface area contributed by atoms with Gasteiger partial charge in [-0.05, 0) is 17.7 Å². The highest BCUT2D eigenvalue weighted by molar-refractivity contribution is 5.63. The molecule has 0 unspecified atom stereocenters. The molecule has 0 N–H and O–H groups in total. The molecule has 0 atom stereocenters. The molecule has 0 fully saturated rings. The molecule has 2 aromatic rings. The quantitative estimate of drug-likeness (QED) is 0.767. The molecule has 0 saturated carbocycles. The number of nitriles is 1. The summed E-state index contributed by atoms with van der Waals surface area (Å²) < 4.78 is 13.5. The zero-order valence-electron chi connectivity index (χ0n) is 8.52. The van der Waals surface area contributed by atoms with Crippen LogP contribution in [0, 0.1) is 17.1 Å². The van der Waals surface area contributed by atoms with Crippen LogP contribution in [0.3, 0.4) is 0 Å². The molecule has 1 aromatic carbocycles. The van der Waals surface area contributed by atoms with E-state index >= 15 is 0 Å². The number of hydrogen-bond acceptors (Lipinski definition) is 2. The summed E-state index contributed by atoms with van der Waals surface area (Å²) in [6.45, 7) is 0. The number of halogens is 1. The Bertz CT molecular complexity index is 544. The Kier molecular flexibility index (Phi) is 2.93. The van der Waals surface area contributed by atoms with E-state index in [9.17, 15) is 4.39 Å². The summed E-state index contributed by atoms with van der Waals surface area (Å²) >= 11 is 0. The second-order valence-corrected chi connectivity index (χ2v) is 3.40. The van der Waals surface area contributed by atoms with Gasteiger partial charge in [0.15, 0.2) is 0 Å². The van der Waals surface area contributed by atoms with E-state index in [4.69, 9.17) is 5.26 Å². The monoisotopic (exact) mass is 212 g/mol. The summed E-state index contributed by atoms with van der Waals surface area (Å²) in [5, 5.41) is 8.58. The van der Waals surface area contributed by atoms with Crippen molar-refractivity contribution in [3.05, 3.63) is 54.1 Å². The molecule has 0 bridgehead atoms. The van der Waals surface area contributed by atoms with Gasteiger partial charge in [-0.25, -0.2) is 4.39 Å². The van der Waals surface area contributed by atoms with Gasteiger partial charge in [0, 0.05) is 23.5 Å². The van der Waals surface area contributed by atoms with Gasteiger partial charge in [0.25, 0.3) is 0 Å². The van der Waals surface area contributed by atoms with E-state index in [0.717, 1.165) is 5.56 Å². The minimum absolute atomic E-state index is 0.279. The second-order valence-electron chi connectivity index (χ2n) is 3.40. The van der Waals surface area contributed by atoms with Crippen LogP contribution in [0.1, 0.15) is 5.56 Å². The lowest BCUT2D eigenvalue weighted by Crippen LogP contribution is -1.88. The van der Waals surface area contributed by atoms with Crippen molar-refractivity contribution in [2.75, 3.05) is 0 Å². The molecule has 1 heterocycles. The van der Waals surface area contributed by atoms with Gasteiger partial charge in [0.1, 0.15) is 5.82 Å². The summed E-state index contributed by atoms with van der Waals surface area (Å²) in [5.41, 5.74) is 2.00. The Morgan fingerprint density at radius 2 is 2.06 bits per heavy atom. The topological polar surface area (TPSA) is 36.7 Å². The molecule has 1 aromatic heterocycles. The molecule has 0 radical (unpaired) electrons. The fourth-order valence-corrected chi connectivity index (χ4v) is 1.52. The first-order chi connectivity index (χ1) is 7.81. The van der Waals surface area contributed by atoms with Gasteiger partial charge in [0.2, 0.25) is 0 Å². The van der Waals surface area contributed by atoms with E-state index in [1.165, 1.54) is 6.07 Å². The number of hydrogen-bond donors (Lipinski definition) is 0. The first kappa shape index (κ1) is 10.3. The summed E-state index contributed by atoms with van der Waals surface area (Å²) in [4.78, 5) is 4.00. The van der Waals surface area contributed by atoms with Crippen molar-refractivity contribution in [2.45, 2.75) is 6.42 Å². The molecule has 0 amide bonds. The lowest BCUT2D eigenvalue weighted by Gasteiger charge is -2.03. The van der Waals surface area contributed by atoms with Crippen LogP contribution in [0.2, 0.25) is 0 Å². The first-order valence-electron chi connectivity index (χ1n) is 4.87. The van der Waals surface area contributed by atoms with E-state index in [0.29, 0.717) is 11.1 Å². The third-order valence-corrected chi connectivity index (χ3v) is 2.26. The molecule has 16 heavy (non-hydrogen) atoms.